The summed E-state index contributed by atoms with van der Waals surface area (Å²) in [6.07, 6.45) is 1.55. The van der Waals surface area contributed by atoms with Gasteiger partial charge in [-0.3, -0.25) is 9.89 Å². The molecule has 1 aromatic heterocycles. The van der Waals surface area contributed by atoms with Crippen LogP contribution in [-0.2, 0) is 4.79 Å². The zero-order valence-electron chi connectivity index (χ0n) is 6.47. The number of hydrogen-bond acceptors (Lipinski definition) is 3. The highest BCUT2D eigenvalue weighted by molar-refractivity contribution is 9.10. The van der Waals surface area contributed by atoms with Crippen molar-refractivity contribution in [3.63, 3.8) is 0 Å². The number of nitrogens with one attached hydrogen (secondary N) is 2. The molecule has 0 aliphatic rings. The van der Waals surface area contributed by atoms with Gasteiger partial charge in [0.1, 0.15) is 5.82 Å². The number of amides is 1. The Morgan fingerprint density at radius 2 is 2.58 bits per heavy atom. The molecular weight excluding hydrogens is 224 g/mol. The molecule has 1 rings (SSSR count). The largest absolute Gasteiger partial charge is 0.320 e. The topological polar surface area (TPSA) is 83.8 Å². The van der Waals surface area contributed by atoms with Crippen LogP contribution < -0.4 is 11.1 Å². The molecule has 0 saturated heterocycles. The highest BCUT2D eigenvalue weighted by Crippen LogP contribution is 2.17. The molecule has 0 saturated carbocycles. The van der Waals surface area contributed by atoms with Gasteiger partial charge in [-0.15, -0.1) is 0 Å². The van der Waals surface area contributed by atoms with Crippen LogP contribution >= 0.6 is 15.9 Å². The molecule has 0 bridgehead atoms. The van der Waals surface area contributed by atoms with E-state index in [9.17, 15) is 4.79 Å². The van der Waals surface area contributed by atoms with Crippen LogP contribution in [0.25, 0.3) is 0 Å². The molecule has 0 radical (unpaired) electrons. The first-order chi connectivity index (χ1) is 5.61. The smallest absolute Gasteiger partial charge is 0.242 e. The molecule has 1 amide bonds. The lowest BCUT2D eigenvalue weighted by molar-refractivity contribution is -0.117. The van der Waals surface area contributed by atoms with E-state index in [4.69, 9.17) is 5.73 Å². The predicted octanol–water partition coefficient (Wildman–Crippen LogP) is 0.458. The molecule has 1 heterocycles. The molecule has 1 aromatic rings. The van der Waals surface area contributed by atoms with Crippen molar-refractivity contribution in [2.24, 2.45) is 5.73 Å². The minimum atomic E-state index is -0.528. The molecule has 0 unspecified atom stereocenters. The number of anilines is 1. The van der Waals surface area contributed by atoms with Gasteiger partial charge in [0, 0.05) is 0 Å². The Morgan fingerprint density at radius 3 is 3.00 bits per heavy atom. The summed E-state index contributed by atoms with van der Waals surface area (Å²) in [5, 5.41) is 8.87. The maximum absolute atomic E-state index is 11.1. The van der Waals surface area contributed by atoms with E-state index in [0.717, 1.165) is 0 Å². The van der Waals surface area contributed by atoms with Gasteiger partial charge in [0.2, 0.25) is 5.91 Å². The monoisotopic (exact) mass is 232 g/mol. The maximum Gasteiger partial charge on any atom is 0.242 e. The fourth-order valence-electron chi connectivity index (χ4n) is 0.596. The van der Waals surface area contributed by atoms with Crippen LogP contribution in [0.4, 0.5) is 5.82 Å². The Labute approximate surface area is 77.8 Å². The average Bonchev–Trinajstić information content (AvgIpc) is 2.36. The molecule has 5 nitrogen and oxygen atoms in total. The van der Waals surface area contributed by atoms with E-state index in [-0.39, 0.29) is 5.91 Å². The second-order valence-corrected chi connectivity index (χ2v) is 3.23. The average molecular weight is 233 g/mol. The predicted molar refractivity (Wildman–Crippen MR) is 48.6 cm³/mol. The van der Waals surface area contributed by atoms with Gasteiger partial charge in [-0.2, -0.15) is 5.10 Å². The maximum atomic E-state index is 11.1. The van der Waals surface area contributed by atoms with Crippen molar-refractivity contribution in [3.05, 3.63) is 10.7 Å². The Morgan fingerprint density at radius 1 is 1.92 bits per heavy atom. The number of carbonyl (C=O) groups is 1. The van der Waals surface area contributed by atoms with Gasteiger partial charge in [-0.05, 0) is 22.9 Å². The number of aromatic amines is 1. The van der Waals surface area contributed by atoms with Gasteiger partial charge in [-0.25, -0.2) is 0 Å². The Balaban J connectivity index is 2.64. The van der Waals surface area contributed by atoms with Crippen molar-refractivity contribution in [1.29, 1.82) is 0 Å². The number of nitrogens with two attached hydrogens (primary N) is 1. The Hall–Kier alpha value is -0.880. The quantitative estimate of drug-likeness (QED) is 0.693. The number of aromatic nitrogens is 2. The lowest BCUT2D eigenvalue weighted by atomic mass is 10.3. The van der Waals surface area contributed by atoms with Crippen molar-refractivity contribution in [2.75, 3.05) is 5.32 Å². The zero-order valence-corrected chi connectivity index (χ0v) is 8.05. The van der Waals surface area contributed by atoms with Gasteiger partial charge in [0.25, 0.3) is 0 Å². The van der Waals surface area contributed by atoms with E-state index in [1.807, 2.05) is 0 Å². The SMILES string of the molecule is C[C@H](N)C(=O)Nc1[nH]ncc1Br. The first-order valence-corrected chi connectivity index (χ1v) is 4.16. The minimum absolute atomic E-state index is 0.250. The van der Waals surface area contributed by atoms with Crippen LogP contribution in [0.3, 0.4) is 0 Å². The normalized spacial score (nSPS) is 12.6. The van der Waals surface area contributed by atoms with E-state index < -0.39 is 6.04 Å². The van der Waals surface area contributed by atoms with Crippen molar-refractivity contribution < 1.29 is 4.79 Å². The number of hydrogen-bond donors (Lipinski definition) is 3. The number of nitrogens with zero attached hydrogens (tertiary/aromatic N) is 1. The zero-order chi connectivity index (χ0) is 9.14. The summed E-state index contributed by atoms with van der Waals surface area (Å²) in [7, 11) is 0. The van der Waals surface area contributed by atoms with Crippen molar-refractivity contribution in [1.82, 2.24) is 10.2 Å². The Kier molecular flexibility index (Phi) is 2.83. The fourth-order valence-corrected chi connectivity index (χ4v) is 0.886. The van der Waals surface area contributed by atoms with Crippen LogP contribution in [0.5, 0.6) is 0 Å². The van der Waals surface area contributed by atoms with Crippen molar-refractivity contribution >= 4 is 27.7 Å². The van der Waals surface area contributed by atoms with Crippen molar-refractivity contribution in [2.45, 2.75) is 13.0 Å². The van der Waals surface area contributed by atoms with Gasteiger partial charge in [0.05, 0.1) is 16.7 Å². The lowest BCUT2D eigenvalue weighted by Gasteiger charge is -2.04. The molecule has 0 fully saturated rings. The molecule has 0 aliphatic carbocycles. The van der Waals surface area contributed by atoms with E-state index in [0.29, 0.717) is 10.3 Å². The molecule has 0 aromatic carbocycles. The summed E-state index contributed by atoms with van der Waals surface area (Å²) in [6.45, 7) is 1.61. The summed E-state index contributed by atoms with van der Waals surface area (Å²) < 4.78 is 0.705. The molecular formula is C6H9BrN4O. The van der Waals surface area contributed by atoms with Gasteiger partial charge in [0.15, 0.2) is 0 Å². The Bertz CT molecular complexity index is 283. The van der Waals surface area contributed by atoms with E-state index in [1.165, 1.54) is 0 Å². The van der Waals surface area contributed by atoms with Crippen LogP contribution in [0.2, 0.25) is 0 Å². The standard InChI is InChI=1S/C6H9BrN4O/c1-3(8)6(12)10-5-4(7)2-9-11-5/h2-3H,8H2,1H3,(H2,9,10,11,12)/t3-/m0/s1. The van der Waals surface area contributed by atoms with Gasteiger partial charge >= 0.3 is 0 Å². The van der Waals surface area contributed by atoms with E-state index >= 15 is 0 Å². The second kappa shape index (κ2) is 3.68. The number of carbonyl (C=O) groups excluding carboxylic acids is 1. The third-order valence-corrected chi connectivity index (χ3v) is 1.86. The summed E-state index contributed by atoms with van der Waals surface area (Å²) in [5.41, 5.74) is 5.34. The minimum Gasteiger partial charge on any atom is -0.320 e. The van der Waals surface area contributed by atoms with Gasteiger partial charge in [-0.1, -0.05) is 0 Å². The molecule has 1 atom stereocenters. The third-order valence-electron chi connectivity index (χ3n) is 1.25. The number of halogens is 1. The number of rotatable bonds is 2. The van der Waals surface area contributed by atoms with Crippen LogP contribution in [-0.4, -0.2) is 22.1 Å². The van der Waals surface area contributed by atoms with Crippen LogP contribution in [0.1, 0.15) is 6.92 Å². The van der Waals surface area contributed by atoms with Crippen LogP contribution in [0.15, 0.2) is 10.7 Å². The molecule has 0 spiro atoms. The molecule has 0 aliphatic heterocycles. The van der Waals surface area contributed by atoms with Gasteiger partial charge < -0.3 is 11.1 Å². The first kappa shape index (κ1) is 9.21. The number of H-pyrrole nitrogens is 1. The first-order valence-electron chi connectivity index (χ1n) is 3.36. The highest BCUT2D eigenvalue weighted by Gasteiger charge is 2.10. The van der Waals surface area contributed by atoms with E-state index in [1.54, 1.807) is 13.1 Å². The van der Waals surface area contributed by atoms with E-state index in [2.05, 4.69) is 31.4 Å². The summed E-state index contributed by atoms with van der Waals surface area (Å²) in [6, 6.07) is -0.528. The third kappa shape index (κ3) is 2.05. The molecule has 6 heteroatoms. The second-order valence-electron chi connectivity index (χ2n) is 2.37. The lowest BCUT2D eigenvalue weighted by Crippen LogP contribution is -2.32. The summed E-state index contributed by atoms with van der Waals surface area (Å²) in [5.74, 6) is 0.275. The molecule has 66 valence electrons. The fraction of sp³-hybridized carbons (Fsp3) is 0.333. The van der Waals surface area contributed by atoms with Crippen LogP contribution in [0, 0.1) is 0 Å². The molecule has 4 N–H and O–H groups in total. The molecule has 12 heavy (non-hydrogen) atoms. The van der Waals surface area contributed by atoms with Crippen molar-refractivity contribution in [3.8, 4) is 0 Å². The summed E-state index contributed by atoms with van der Waals surface area (Å²) in [4.78, 5) is 11.1. The highest BCUT2D eigenvalue weighted by atomic mass is 79.9. The summed E-state index contributed by atoms with van der Waals surface area (Å²) >= 11 is 3.19.